The highest BCUT2D eigenvalue weighted by Crippen LogP contribution is 2.34. The van der Waals surface area contributed by atoms with Gasteiger partial charge in [-0.15, -0.1) is 26.6 Å². The minimum absolute atomic E-state index is 0.364. The zero-order valence-electron chi connectivity index (χ0n) is 18.4. The largest absolute Gasteiger partial charge is 0.463 e. The lowest BCUT2D eigenvalue weighted by Crippen LogP contribution is -2.33. The minimum atomic E-state index is -0.537. The van der Waals surface area contributed by atoms with Gasteiger partial charge in [0.1, 0.15) is 29.3 Å². The van der Waals surface area contributed by atoms with Gasteiger partial charge in [0.05, 0.1) is 17.4 Å². The van der Waals surface area contributed by atoms with Crippen LogP contribution in [-0.2, 0) is 0 Å². The van der Waals surface area contributed by atoms with Gasteiger partial charge in [0.2, 0.25) is 12.1 Å². The first-order valence-electron chi connectivity index (χ1n) is 11.0. The van der Waals surface area contributed by atoms with Crippen LogP contribution in [0.1, 0.15) is 35.7 Å². The molecule has 0 bridgehead atoms. The summed E-state index contributed by atoms with van der Waals surface area (Å²) in [5.41, 5.74) is 1.37. The Morgan fingerprint density at radius 2 is 1.97 bits per heavy atom. The van der Waals surface area contributed by atoms with E-state index in [1.54, 1.807) is 28.4 Å². The summed E-state index contributed by atoms with van der Waals surface area (Å²) >= 11 is 1.65. The van der Waals surface area contributed by atoms with Crippen LogP contribution < -0.4 is 9.64 Å². The molecule has 1 unspecified atom stereocenters. The number of benzene rings is 1. The number of thiazole rings is 1. The van der Waals surface area contributed by atoms with Crippen molar-refractivity contribution in [1.29, 1.82) is 0 Å². The normalized spacial score (nSPS) is 15.3. The molecule has 0 amide bonds. The van der Waals surface area contributed by atoms with Gasteiger partial charge in [-0.2, -0.15) is 9.90 Å². The van der Waals surface area contributed by atoms with E-state index in [1.165, 1.54) is 6.33 Å². The van der Waals surface area contributed by atoms with Crippen LogP contribution in [0.4, 0.5) is 5.82 Å². The van der Waals surface area contributed by atoms with Crippen molar-refractivity contribution in [3.8, 4) is 17.3 Å². The molecule has 1 N–H and O–H groups in total. The van der Waals surface area contributed by atoms with Crippen LogP contribution in [0.15, 0.2) is 54.4 Å². The van der Waals surface area contributed by atoms with E-state index in [0.717, 1.165) is 48.2 Å². The molecule has 6 rings (SSSR count). The van der Waals surface area contributed by atoms with Gasteiger partial charge in [-0.05, 0) is 40.6 Å². The summed E-state index contributed by atoms with van der Waals surface area (Å²) in [5.74, 6) is 2.36. The lowest BCUT2D eigenvalue weighted by Gasteiger charge is -2.31. The topological polar surface area (TPSA) is 149 Å². The average molecular weight is 489 g/mol. The summed E-state index contributed by atoms with van der Waals surface area (Å²) in [6, 6.07) is 9.60. The zero-order valence-corrected chi connectivity index (χ0v) is 19.2. The number of ether oxygens (including phenoxy) is 1. The van der Waals surface area contributed by atoms with Gasteiger partial charge in [-0.1, -0.05) is 18.2 Å². The smallest absolute Gasteiger partial charge is 0.238 e. The molecule has 5 aromatic rings. The standard InChI is InChI=1S/C21H20N12OS/c1-2-4-15(5-3-1)34-21(33-13-24-28-31-33)17-12-35-20(25-17)14-6-8-32(9-7-14)18-11-22-16(10-23-18)19-26-29-30-27-19/h1-5,10-14,21H,6-9H2,(H,26,27,29,30). The maximum absolute atomic E-state index is 6.18. The summed E-state index contributed by atoms with van der Waals surface area (Å²) in [6.45, 7) is 1.74. The molecule has 0 saturated carbocycles. The minimum Gasteiger partial charge on any atom is -0.463 e. The van der Waals surface area contributed by atoms with Gasteiger partial charge < -0.3 is 9.64 Å². The Labute approximate surface area is 203 Å². The molecule has 0 spiro atoms. The Morgan fingerprint density at radius 3 is 2.69 bits per heavy atom. The molecular formula is C21H20N12OS. The van der Waals surface area contributed by atoms with Crippen molar-refractivity contribution < 1.29 is 4.74 Å². The molecule has 0 aliphatic carbocycles. The third-order valence-corrected chi connectivity index (χ3v) is 6.80. The molecule has 1 aliphatic rings. The predicted octanol–water partition coefficient (Wildman–Crippen LogP) is 2.11. The third-order valence-electron chi connectivity index (χ3n) is 5.77. The Bertz CT molecular complexity index is 1330. The van der Waals surface area contributed by atoms with Crippen molar-refractivity contribution >= 4 is 17.2 Å². The molecule has 5 heterocycles. The number of anilines is 1. The summed E-state index contributed by atoms with van der Waals surface area (Å²) in [7, 11) is 0. The second-order valence-electron chi connectivity index (χ2n) is 7.94. The number of para-hydroxylation sites is 1. The zero-order chi connectivity index (χ0) is 23.5. The average Bonchev–Trinajstić information content (AvgIpc) is 3.71. The van der Waals surface area contributed by atoms with Crippen LogP contribution in [0.5, 0.6) is 5.75 Å². The number of aromatic amines is 1. The van der Waals surface area contributed by atoms with E-state index in [9.17, 15) is 0 Å². The van der Waals surface area contributed by atoms with Crippen LogP contribution >= 0.6 is 11.3 Å². The number of hydrogen-bond donors (Lipinski definition) is 1. The van der Waals surface area contributed by atoms with Crippen molar-refractivity contribution in [3.63, 3.8) is 0 Å². The SMILES string of the molecule is c1ccc(OC(c2csc(C3CCN(c4cnc(-c5nn[nH]n5)cn4)CC3)n2)n2cnnn2)cc1. The lowest BCUT2D eigenvalue weighted by atomic mass is 9.97. The number of hydrogen-bond acceptors (Lipinski definition) is 12. The number of H-pyrrole nitrogens is 1. The van der Waals surface area contributed by atoms with Crippen LogP contribution in [0.2, 0.25) is 0 Å². The molecule has 13 nitrogen and oxygen atoms in total. The van der Waals surface area contributed by atoms with Crippen molar-refractivity contribution in [2.45, 2.75) is 25.0 Å². The first-order valence-corrected chi connectivity index (χ1v) is 11.9. The molecule has 1 saturated heterocycles. The van der Waals surface area contributed by atoms with Gasteiger partial charge in [0.25, 0.3) is 0 Å². The summed E-state index contributed by atoms with van der Waals surface area (Å²) < 4.78 is 7.76. The molecular weight excluding hydrogens is 468 g/mol. The van der Waals surface area contributed by atoms with Crippen LogP contribution in [0, 0.1) is 0 Å². The molecule has 4 aromatic heterocycles. The fourth-order valence-corrected chi connectivity index (χ4v) is 4.98. The van der Waals surface area contributed by atoms with Crippen molar-refractivity contribution in [2.24, 2.45) is 0 Å². The first-order chi connectivity index (χ1) is 17.3. The van der Waals surface area contributed by atoms with Gasteiger partial charge in [-0.25, -0.2) is 15.0 Å². The van der Waals surface area contributed by atoms with E-state index in [4.69, 9.17) is 9.72 Å². The van der Waals surface area contributed by atoms with Gasteiger partial charge in [0.15, 0.2) is 0 Å². The van der Waals surface area contributed by atoms with Crippen LogP contribution in [0.25, 0.3) is 11.5 Å². The maximum atomic E-state index is 6.18. The second kappa shape index (κ2) is 9.50. The van der Waals surface area contributed by atoms with E-state index in [2.05, 4.69) is 51.0 Å². The predicted molar refractivity (Wildman–Crippen MR) is 125 cm³/mol. The quantitative estimate of drug-likeness (QED) is 0.359. The fourth-order valence-electron chi connectivity index (χ4n) is 3.98. The van der Waals surface area contributed by atoms with E-state index < -0.39 is 6.23 Å². The monoisotopic (exact) mass is 488 g/mol. The summed E-state index contributed by atoms with van der Waals surface area (Å²) in [5, 5.41) is 28.5. The number of piperidine rings is 1. The van der Waals surface area contributed by atoms with Crippen LogP contribution in [0.3, 0.4) is 0 Å². The van der Waals surface area contributed by atoms with Crippen molar-refractivity contribution in [3.05, 3.63) is 65.1 Å². The van der Waals surface area contributed by atoms with E-state index in [-0.39, 0.29) is 0 Å². The number of nitrogens with one attached hydrogen (secondary N) is 1. The van der Waals surface area contributed by atoms with E-state index >= 15 is 0 Å². The number of tetrazole rings is 2. The second-order valence-corrected chi connectivity index (χ2v) is 8.83. The van der Waals surface area contributed by atoms with E-state index in [1.807, 2.05) is 35.7 Å². The van der Waals surface area contributed by atoms with Crippen LogP contribution in [-0.4, -0.2) is 68.9 Å². The van der Waals surface area contributed by atoms with Crippen molar-refractivity contribution in [2.75, 3.05) is 18.0 Å². The first kappa shape index (κ1) is 21.2. The molecule has 176 valence electrons. The molecule has 1 aromatic carbocycles. The molecule has 1 aliphatic heterocycles. The molecule has 14 heteroatoms. The van der Waals surface area contributed by atoms with Crippen molar-refractivity contribution in [1.82, 2.24) is 55.8 Å². The Morgan fingerprint density at radius 1 is 1.09 bits per heavy atom. The molecule has 0 radical (unpaired) electrons. The number of aromatic nitrogens is 11. The Hall–Kier alpha value is -4.33. The van der Waals surface area contributed by atoms with E-state index in [0.29, 0.717) is 17.4 Å². The molecule has 35 heavy (non-hydrogen) atoms. The Kier molecular flexibility index (Phi) is 5.76. The Balaban J connectivity index is 1.13. The fraction of sp³-hybridized carbons (Fsp3) is 0.286. The summed E-state index contributed by atoms with van der Waals surface area (Å²) in [4.78, 5) is 16.1. The number of nitrogens with zero attached hydrogens (tertiary/aromatic N) is 11. The van der Waals surface area contributed by atoms with Gasteiger partial charge >= 0.3 is 0 Å². The maximum Gasteiger partial charge on any atom is 0.238 e. The summed E-state index contributed by atoms with van der Waals surface area (Å²) in [6.07, 6.45) is 6.37. The third kappa shape index (κ3) is 4.55. The molecule has 1 atom stereocenters. The highest BCUT2D eigenvalue weighted by atomic mass is 32.1. The molecule has 1 fully saturated rings. The highest BCUT2D eigenvalue weighted by molar-refractivity contribution is 7.09. The number of rotatable bonds is 7. The lowest BCUT2D eigenvalue weighted by molar-refractivity contribution is 0.152. The van der Waals surface area contributed by atoms with Gasteiger partial charge in [0, 0.05) is 24.4 Å². The highest BCUT2D eigenvalue weighted by Gasteiger charge is 2.27. The van der Waals surface area contributed by atoms with Gasteiger partial charge in [-0.3, -0.25) is 0 Å².